The highest BCUT2D eigenvalue weighted by Crippen LogP contribution is 2.39. The standard InChI is InChI=1S/C20H10F8N4O2/c21-13-5-15(14(22)3-10(13)7-30)31-17(33)16-8-32(18(34-16)20(26,27)28)11-2-1-9(6-29)12(4-11)19(23,24)25/h1-5,16,18H,8H2,(H,31,33). The summed E-state index contributed by atoms with van der Waals surface area (Å²) in [6.45, 7) is -0.903. The van der Waals surface area contributed by atoms with Crippen LogP contribution < -0.4 is 10.2 Å². The molecule has 1 fully saturated rings. The topological polar surface area (TPSA) is 89.2 Å². The first kappa shape index (κ1) is 24.7. The van der Waals surface area contributed by atoms with Crippen molar-refractivity contribution >= 4 is 17.3 Å². The first-order valence-corrected chi connectivity index (χ1v) is 9.06. The van der Waals surface area contributed by atoms with E-state index in [4.69, 9.17) is 15.3 Å². The molecule has 1 amide bonds. The van der Waals surface area contributed by atoms with Gasteiger partial charge in [-0.2, -0.15) is 36.9 Å². The van der Waals surface area contributed by atoms with E-state index in [0.29, 0.717) is 29.2 Å². The molecule has 1 N–H and O–H groups in total. The average molecular weight is 490 g/mol. The van der Waals surface area contributed by atoms with Crippen LogP contribution in [0.3, 0.4) is 0 Å². The van der Waals surface area contributed by atoms with Crippen LogP contribution in [-0.4, -0.2) is 31.0 Å². The number of nitrogens with zero attached hydrogens (tertiary/aromatic N) is 3. The normalized spacial score (nSPS) is 18.4. The van der Waals surface area contributed by atoms with Gasteiger partial charge in [-0.25, -0.2) is 8.78 Å². The highest BCUT2D eigenvalue weighted by molar-refractivity contribution is 5.95. The summed E-state index contributed by atoms with van der Waals surface area (Å²) in [5, 5.41) is 19.4. The van der Waals surface area contributed by atoms with E-state index < -0.39 is 76.8 Å². The summed E-state index contributed by atoms with van der Waals surface area (Å²) >= 11 is 0. The molecule has 178 valence electrons. The van der Waals surface area contributed by atoms with Gasteiger partial charge in [-0.3, -0.25) is 4.79 Å². The van der Waals surface area contributed by atoms with Crippen molar-refractivity contribution in [3.63, 3.8) is 0 Å². The van der Waals surface area contributed by atoms with Gasteiger partial charge in [0.15, 0.2) is 6.10 Å². The summed E-state index contributed by atoms with van der Waals surface area (Å²) in [4.78, 5) is 12.7. The predicted octanol–water partition coefficient (Wildman–Crippen LogP) is 4.46. The third-order valence-electron chi connectivity index (χ3n) is 4.71. The lowest BCUT2D eigenvalue weighted by Crippen LogP contribution is -2.42. The van der Waals surface area contributed by atoms with E-state index in [1.54, 1.807) is 0 Å². The second-order valence-corrected chi connectivity index (χ2v) is 6.92. The fourth-order valence-corrected chi connectivity index (χ4v) is 3.17. The molecule has 34 heavy (non-hydrogen) atoms. The highest BCUT2D eigenvalue weighted by Gasteiger charge is 2.52. The number of rotatable bonds is 3. The molecule has 2 aromatic rings. The largest absolute Gasteiger partial charge is 0.433 e. The molecule has 14 heteroatoms. The van der Waals surface area contributed by atoms with Crippen molar-refractivity contribution in [3.05, 3.63) is 58.7 Å². The second kappa shape index (κ2) is 8.79. The SMILES string of the molecule is N#Cc1cc(F)c(NC(=O)C2CN(c3ccc(C#N)c(C(F)(F)F)c3)C(C(F)(F)F)O2)cc1F. The molecule has 1 aliphatic rings. The van der Waals surface area contributed by atoms with Crippen LogP contribution in [0.1, 0.15) is 16.7 Å². The molecule has 0 aromatic heterocycles. The lowest BCUT2D eigenvalue weighted by atomic mass is 10.1. The number of carbonyl (C=O) groups excluding carboxylic acids is 1. The molecule has 1 aliphatic heterocycles. The van der Waals surface area contributed by atoms with Crippen molar-refractivity contribution in [1.29, 1.82) is 10.5 Å². The number of nitrogens with one attached hydrogen (secondary N) is 1. The summed E-state index contributed by atoms with van der Waals surface area (Å²) in [5.74, 6) is -3.81. The lowest BCUT2D eigenvalue weighted by Gasteiger charge is -2.27. The molecule has 6 nitrogen and oxygen atoms in total. The minimum absolute atomic E-state index is 0.316. The monoisotopic (exact) mass is 490 g/mol. The molecule has 2 aromatic carbocycles. The Bertz CT molecular complexity index is 1210. The molecule has 0 spiro atoms. The average Bonchev–Trinajstić information content (AvgIpc) is 3.21. The summed E-state index contributed by atoms with van der Waals surface area (Å²) in [6, 6.07) is 5.36. The van der Waals surface area contributed by atoms with Gasteiger partial charge in [0.25, 0.3) is 5.91 Å². The van der Waals surface area contributed by atoms with Crippen LogP contribution in [0.5, 0.6) is 0 Å². The molecule has 3 rings (SSSR count). The Morgan fingerprint density at radius 1 is 1.00 bits per heavy atom. The summed E-state index contributed by atoms with van der Waals surface area (Å²) in [5.41, 5.74) is -4.43. The predicted molar refractivity (Wildman–Crippen MR) is 97.9 cm³/mol. The van der Waals surface area contributed by atoms with Crippen molar-refractivity contribution in [2.24, 2.45) is 0 Å². The van der Waals surface area contributed by atoms with Crippen LogP contribution in [0.15, 0.2) is 30.3 Å². The Hall–Kier alpha value is -3.91. The molecule has 0 bridgehead atoms. The first-order valence-electron chi connectivity index (χ1n) is 9.06. The Balaban J connectivity index is 1.92. The highest BCUT2D eigenvalue weighted by atomic mass is 19.4. The third-order valence-corrected chi connectivity index (χ3v) is 4.71. The van der Waals surface area contributed by atoms with E-state index in [0.717, 1.165) is 6.07 Å². The van der Waals surface area contributed by atoms with Gasteiger partial charge in [0.05, 0.1) is 35.0 Å². The zero-order chi connectivity index (χ0) is 25.4. The number of hydrogen-bond acceptors (Lipinski definition) is 5. The maximum absolute atomic E-state index is 14.0. The van der Waals surface area contributed by atoms with Crippen molar-refractivity contribution in [1.82, 2.24) is 0 Å². The van der Waals surface area contributed by atoms with Crippen molar-refractivity contribution in [2.75, 3.05) is 16.8 Å². The van der Waals surface area contributed by atoms with E-state index in [1.807, 2.05) is 5.32 Å². The maximum Gasteiger partial charge on any atom is 0.433 e. The van der Waals surface area contributed by atoms with Gasteiger partial charge < -0.3 is 15.0 Å². The lowest BCUT2D eigenvalue weighted by molar-refractivity contribution is -0.212. The summed E-state index contributed by atoms with van der Waals surface area (Å²) in [6.07, 6.45) is -15.0. The number of halogens is 8. The van der Waals surface area contributed by atoms with Crippen LogP contribution in [0.2, 0.25) is 0 Å². The van der Waals surface area contributed by atoms with Gasteiger partial charge >= 0.3 is 12.4 Å². The number of nitriles is 2. The molecular formula is C20H10F8N4O2. The fraction of sp³-hybridized carbons (Fsp3) is 0.250. The Labute approximate surface area is 185 Å². The van der Waals surface area contributed by atoms with Gasteiger partial charge in [0.1, 0.15) is 17.7 Å². The minimum atomic E-state index is -5.16. The second-order valence-electron chi connectivity index (χ2n) is 6.92. The quantitative estimate of drug-likeness (QED) is 0.642. The van der Waals surface area contributed by atoms with Crippen LogP contribution in [-0.2, 0) is 15.7 Å². The number of benzene rings is 2. The molecule has 2 atom stereocenters. The van der Waals surface area contributed by atoms with Gasteiger partial charge in [0, 0.05) is 11.8 Å². The number of hydrogen-bond donors (Lipinski definition) is 1. The van der Waals surface area contributed by atoms with Crippen LogP contribution in [0.25, 0.3) is 0 Å². The van der Waals surface area contributed by atoms with Gasteiger partial charge in [-0.05, 0) is 24.3 Å². The van der Waals surface area contributed by atoms with E-state index >= 15 is 0 Å². The maximum atomic E-state index is 14.0. The van der Waals surface area contributed by atoms with Crippen molar-refractivity contribution in [2.45, 2.75) is 24.7 Å². The smallest absolute Gasteiger partial charge is 0.335 e. The van der Waals surface area contributed by atoms with E-state index in [9.17, 15) is 39.9 Å². The van der Waals surface area contributed by atoms with Crippen molar-refractivity contribution in [3.8, 4) is 12.1 Å². The Kier molecular flexibility index (Phi) is 6.40. The van der Waals surface area contributed by atoms with E-state index in [-0.39, 0.29) is 0 Å². The van der Waals surface area contributed by atoms with Gasteiger partial charge in [-0.15, -0.1) is 0 Å². The molecule has 0 aliphatic carbocycles. The van der Waals surface area contributed by atoms with Crippen LogP contribution in [0.4, 0.5) is 46.5 Å². The number of amides is 1. The Morgan fingerprint density at radius 2 is 1.65 bits per heavy atom. The van der Waals surface area contributed by atoms with Gasteiger partial charge in [0.2, 0.25) is 6.23 Å². The Morgan fingerprint density at radius 3 is 2.21 bits per heavy atom. The van der Waals surface area contributed by atoms with E-state index in [1.165, 1.54) is 12.1 Å². The zero-order valence-corrected chi connectivity index (χ0v) is 16.4. The summed E-state index contributed by atoms with van der Waals surface area (Å²) < 4.78 is 113. The summed E-state index contributed by atoms with van der Waals surface area (Å²) in [7, 11) is 0. The fourth-order valence-electron chi connectivity index (χ4n) is 3.17. The van der Waals surface area contributed by atoms with E-state index in [2.05, 4.69) is 0 Å². The zero-order valence-electron chi connectivity index (χ0n) is 16.4. The minimum Gasteiger partial charge on any atom is -0.335 e. The molecule has 0 saturated carbocycles. The third kappa shape index (κ3) is 4.87. The molecule has 2 unspecified atom stereocenters. The van der Waals surface area contributed by atoms with Gasteiger partial charge in [-0.1, -0.05) is 0 Å². The number of ether oxygens (including phenoxy) is 1. The molecule has 1 saturated heterocycles. The molecule has 1 heterocycles. The number of carbonyl (C=O) groups is 1. The van der Waals surface area contributed by atoms with Crippen LogP contribution >= 0.6 is 0 Å². The van der Waals surface area contributed by atoms with Crippen molar-refractivity contribution < 1.29 is 44.7 Å². The molecule has 0 radical (unpaired) electrons. The number of alkyl halides is 6. The van der Waals surface area contributed by atoms with Crippen LogP contribution in [0, 0.1) is 34.3 Å². The number of anilines is 2. The molecular weight excluding hydrogens is 480 g/mol. The first-order chi connectivity index (χ1) is 15.8.